The zero-order chi connectivity index (χ0) is 17.0. The predicted molar refractivity (Wildman–Crippen MR) is 75.3 cm³/mol. The number of nitro groups is 1. The number of nitrogens with zero attached hydrogens (tertiary/aromatic N) is 1. The number of carbonyl (C=O) groups excluding carboxylic acids is 1. The number of hydrogen-bond donors (Lipinski definition) is 2. The van der Waals surface area contributed by atoms with Gasteiger partial charge in [-0.1, -0.05) is 6.07 Å². The first-order valence-electron chi connectivity index (χ1n) is 6.96. The molecule has 8 nitrogen and oxygen atoms in total. The first kappa shape index (κ1) is 16.8. The molecule has 0 unspecified atom stereocenters. The van der Waals surface area contributed by atoms with Crippen molar-refractivity contribution in [1.29, 1.82) is 0 Å². The minimum absolute atomic E-state index is 0.199. The molecule has 0 aliphatic carbocycles. The van der Waals surface area contributed by atoms with Gasteiger partial charge in [0.25, 0.3) is 0 Å². The third-order valence-electron chi connectivity index (χ3n) is 3.48. The number of amides is 1. The number of nitrogens with one attached hydrogen (secondary N) is 1. The summed E-state index contributed by atoms with van der Waals surface area (Å²) in [4.78, 5) is 33.0. The van der Waals surface area contributed by atoms with Gasteiger partial charge in [-0.25, -0.2) is 4.79 Å². The molecule has 1 aromatic carbocycles. The van der Waals surface area contributed by atoms with E-state index in [0.717, 1.165) is 18.6 Å². The van der Waals surface area contributed by atoms with Crippen LogP contribution in [-0.2, 0) is 20.7 Å². The van der Waals surface area contributed by atoms with Gasteiger partial charge in [-0.3, -0.25) is 14.9 Å². The van der Waals surface area contributed by atoms with Gasteiger partial charge in [0.05, 0.1) is 4.92 Å². The lowest BCUT2D eigenvalue weighted by Crippen LogP contribution is -2.46. The maximum atomic E-state index is 13.3. The number of aliphatic carboxylic acids is 1. The first-order chi connectivity index (χ1) is 10.9. The van der Waals surface area contributed by atoms with E-state index >= 15 is 0 Å². The van der Waals surface area contributed by atoms with E-state index in [2.05, 4.69) is 5.32 Å². The van der Waals surface area contributed by atoms with Crippen LogP contribution in [0, 0.1) is 15.9 Å². The molecule has 124 valence electrons. The Balaban J connectivity index is 2.10. The number of benzene rings is 1. The summed E-state index contributed by atoms with van der Waals surface area (Å²) in [5, 5.41) is 22.2. The highest BCUT2D eigenvalue weighted by atomic mass is 19.1. The molecule has 1 aliphatic rings. The number of ether oxygens (including phenoxy) is 1. The molecule has 0 aromatic heterocycles. The second-order valence-electron chi connectivity index (χ2n) is 5.15. The van der Waals surface area contributed by atoms with E-state index in [1.807, 2.05) is 0 Å². The molecule has 1 heterocycles. The Morgan fingerprint density at radius 1 is 1.52 bits per heavy atom. The lowest BCUT2D eigenvalue weighted by atomic mass is 10.0. The number of nitro benzene ring substituents is 1. The Morgan fingerprint density at radius 3 is 2.83 bits per heavy atom. The maximum absolute atomic E-state index is 13.3. The molecule has 2 atom stereocenters. The zero-order valence-electron chi connectivity index (χ0n) is 12.0. The van der Waals surface area contributed by atoms with Crippen molar-refractivity contribution < 1.29 is 28.7 Å². The smallest absolute Gasteiger partial charge is 0.326 e. The van der Waals surface area contributed by atoms with E-state index in [4.69, 9.17) is 4.74 Å². The van der Waals surface area contributed by atoms with Gasteiger partial charge in [0, 0.05) is 19.1 Å². The molecule has 1 fully saturated rings. The van der Waals surface area contributed by atoms with Crippen molar-refractivity contribution in [1.82, 2.24) is 5.32 Å². The van der Waals surface area contributed by atoms with E-state index < -0.39 is 40.5 Å². The standard InChI is InChI=1S/C14H15FN2O6/c15-9-4-3-8(7-11(9)17(21)22)6-10(14(19)20)16-13(18)12-2-1-5-23-12/h3-4,7,10,12H,1-2,5-6H2,(H,16,18)(H,19,20)/t10-,12-/m0/s1. The van der Waals surface area contributed by atoms with Crippen LogP contribution in [0.15, 0.2) is 18.2 Å². The quantitative estimate of drug-likeness (QED) is 0.595. The minimum Gasteiger partial charge on any atom is -0.480 e. The third kappa shape index (κ3) is 4.22. The first-order valence-corrected chi connectivity index (χ1v) is 6.96. The average Bonchev–Trinajstić information content (AvgIpc) is 3.02. The van der Waals surface area contributed by atoms with E-state index in [-0.39, 0.29) is 12.0 Å². The monoisotopic (exact) mass is 326 g/mol. The van der Waals surface area contributed by atoms with Crippen LogP contribution in [0.2, 0.25) is 0 Å². The van der Waals surface area contributed by atoms with E-state index in [0.29, 0.717) is 13.0 Å². The van der Waals surface area contributed by atoms with Crippen LogP contribution in [0.25, 0.3) is 0 Å². The van der Waals surface area contributed by atoms with Crippen molar-refractivity contribution in [2.75, 3.05) is 6.61 Å². The van der Waals surface area contributed by atoms with Crippen molar-refractivity contribution in [3.05, 3.63) is 39.7 Å². The van der Waals surface area contributed by atoms with Gasteiger partial charge < -0.3 is 15.2 Å². The summed E-state index contributed by atoms with van der Waals surface area (Å²) >= 11 is 0. The molecule has 0 radical (unpaired) electrons. The van der Waals surface area contributed by atoms with Gasteiger partial charge in [-0.2, -0.15) is 4.39 Å². The number of carboxylic acid groups (broad SMARTS) is 1. The fourth-order valence-electron chi connectivity index (χ4n) is 2.31. The fraction of sp³-hybridized carbons (Fsp3) is 0.429. The Bertz CT molecular complexity index is 630. The lowest BCUT2D eigenvalue weighted by Gasteiger charge is -2.17. The number of carbonyl (C=O) groups is 2. The van der Waals surface area contributed by atoms with Gasteiger partial charge in [-0.05, 0) is 24.5 Å². The van der Waals surface area contributed by atoms with Crippen molar-refractivity contribution in [3.8, 4) is 0 Å². The second-order valence-corrected chi connectivity index (χ2v) is 5.15. The third-order valence-corrected chi connectivity index (χ3v) is 3.48. The minimum atomic E-state index is -1.29. The molecule has 0 spiro atoms. The van der Waals surface area contributed by atoms with Crippen LogP contribution in [0.4, 0.5) is 10.1 Å². The van der Waals surface area contributed by atoms with Gasteiger partial charge >= 0.3 is 11.7 Å². The molecule has 1 amide bonds. The van der Waals surface area contributed by atoms with E-state index in [1.165, 1.54) is 6.07 Å². The summed E-state index contributed by atoms with van der Waals surface area (Å²) in [5.74, 6) is -2.83. The number of hydrogen-bond acceptors (Lipinski definition) is 5. The van der Waals surface area contributed by atoms with E-state index in [1.54, 1.807) is 0 Å². The van der Waals surface area contributed by atoms with Crippen LogP contribution in [0.3, 0.4) is 0 Å². The van der Waals surface area contributed by atoms with Gasteiger partial charge in [0.1, 0.15) is 12.1 Å². The summed E-state index contributed by atoms with van der Waals surface area (Å²) in [6.45, 7) is 0.444. The highest BCUT2D eigenvalue weighted by molar-refractivity contribution is 5.86. The zero-order valence-corrected chi connectivity index (χ0v) is 12.0. The maximum Gasteiger partial charge on any atom is 0.326 e. The van der Waals surface area contributed by atoms with E-state index in [9.17, 15) is 29.2 Å². The van der Waals surface area contributed by atoms with Crippen LogP contribution in [0.5, 0.6) is 0 Å². The second kappa shape index (κ2) is 7.14. The van der Waals surface area contributed by atoms with Crippen molar-refractivity contribution >= 4 is 17.6 Å². The van der Waals surface area contributed by atoms with Crippen LogP contribution >= 0.6 is 0 Å². The van der Waals surface area contributed by atoms with Crippen molar-refractivity contribution in [2.45, 2.75) is 31.4 Å². The highest BCUT2D eigenvalue weighted by Gasteiger charge is 2.28. The number of rotatable bonds is 6. The van der Waals surface area contributed by atoms with Gasteiger partial charge in [0.15, 0.2) is 0 Å². The largest absolute Gasteiger partial charge is 0.480 e. The molecule has 1 aliphatic heterocycles. The summed E-state index contributed by atoms with van der Waals surface area (Å²) in [7, 11) is 0. The lowest BCUT2D eigenvalue weighted by molar-refractivity contribution is -0.387. The van der Waals surface area contributed by atoms with Crippen molar-refractivity contribution in [3.63, 3.8) is 0 Å². The molecule has 1 saturated heterocycles. The fourth-order valence-corrected chi connectivity index (χ4v) is 2.31. The Hall–Kier alpha value is -2.55. The van der Waals surface area contributed by atoms with Crippen LogP contribution < -0.4 is 5.32 Å². The molecule has 23 heavy (non-hydrogen) atoms. The summed E-state index contributed by atoms with van der Waals surface area (Å²) < 4.78 is 18.5. The van der Waals surface area contributed by atoms with Gasteiger partial charge in [0.2, 0.25) is 11.7 Å². The van der Waals surface area contributed by atoms with Crippen LogP contribution in [-0.4, -0.2) is 40.7 Å². The Labute approximate surface area is 130 Å². The predicted octanol–water partition coefficient (Wildman–Crippen LogP) is 1.02. The molecular formula is C14H15FN2O6. The van der Waals surface area contributed by atoms with Gasteiger partial charge in [-0.15, -0.1) is 0 Å². The highest BCUT2D eigenvalue weighted by Crippen LogP contribution is 2.20. The van der Waals surface area contributed by atoms with Crippen molar-refractivity contribution in [2.24, 2.45) is 0 Å². The molecule has 2 rings (SSSR count). The topological polar surface area (TPSA) is 119 Å². The summed E-state index contributed by atoms with van der Waals surface area (Å²) in [6.07, 6.45) is 0.356. The molecule has 2 N–H and O–H groups in total. The Kier molecular flexibility index (Phi) is 5.22. The average molecular weight is 326 g/mol. The number of halogens is 1. The Morgan fingerprint density at radius 2 is 2.26 bits per heavy atom. The molecule has 1 aromatic rings. The molecule has 9 heteroatoms. The molecular weight excluding hydrogens is 311 g/mol. The summed E-state index contributed by atoms with van der Waals surface area (Å²) in [6, 6.07) is 1.82. The number of carboxylic acids is 1. The SMILES string of the molecule is O=C(O)[C@H](Cc1ccc(F)c([N+](=O)[O-])c1)NC(=O)[C@@H]1CCCO1. The molecule has 0 saturated carbocycles. The molecule has 0 bridgehead atoms. The van der Waals surface area contributed by atoms with Crippen LogP contribution in [0.1, 0.15) is 18.4 Å². The summed E-state index contributed by atoms with van der Waals surface area (Å²) in [5.41, 5.74) is -0.504. The normalized spacial score (nSPS) is 18.4.